The molecule has 1 heterocycles. The van der Waals surface area contributed by atoms with Gasteiger partial charge >= 0.3 is 0 Å². The number of aromatic nitrogens is 2. The van der Waals surface area contributed by atoms with Gasteiger partial charge in [0, 0.05) is 5.56 Å². The number of nitrogens with zero attached hydrogens (tertiary/aromatic N) is 1. The van der Waals surface area contributed by atoms with E-state index in [1.807, 2.05) is 66.7 Å². The Balaban J connectivity index is 1.63. The monoisotopic (exact) mass is 343 g/mol. The molecule has 0 unspecified atom stereocenters. The number of nitrogens with one attached hydrogen (secondary N) is 2. The molecule has 4 aromatic rings. The van der Waals surface area contributed by atoms with E-state index < -0.39 is 0 Å². The zero-order chi connectivity index (χ0) is 18.1. The number of H-pyrrole nitrogens is 1. The van der Waals surface area contributed by atoms with Crippen molar-refractivity contribution in [1.29, 1.82) is 0 Å². The second-order valence-corrected chi connectivity index (χ2v) is 6.90. The van der Waals surface area contributed by atoms with Gasteiger partial charge in [0.2, 0.25) is 0 Å². The van der Waals surface area contributed by atoms with Gasteiger partial charge in [0.1, 0.15) is 5.82 Å². The van der Waals surface area contributed by atoms with E-state index in [2.05, 4.69) is 29.1 Å². The van der Waals surface area contributed by atoms with Crippen LogP contribution in [-0.2, 0) is 0 Å². The SMILES string of the molecule is CC(C)[C@H](NC(=O)c1ccc2ccccc2c1)c1nc2ccccc2[nH]1. The van der Waals surface area contributed by atoms with E-state index in [-0.39, 0.29) is 17.9 Å². The molecule has 26 heavy (non-hydrogen) atoms. The van der Waals surface area contributed by atoms with Crippen molar-refractivity contribution in [3.63, 3.8) is 0 Å². The normalized spacial score (nSPS) is 12.6. The minimum Gasteiger partial charge on any atom is -0.342 e. The zero-order valence-electron chi connectivity index (χ0n) is 14.9. The molecule has 2 N–H and O–H groups in total. The van der Waals surface area contributed by atoms with Crippen molar-refractivity contribution in [1.82, 2.24) is 15.3 Å². The second kappa shape index (κ2) is 6.64. The third-order valence-corrected chi connectivity index (χ3v) is 4.67. The first kappa shape index (κ1) is 16.3. The Hall–Kier alpha value is -3.14. The summed E-state index contributed by atoms with van der Waals surface area (Å²) in [5.74, 6) is 0.908. The highest BCUT2D eigenvalue weighted by Crippen LogP contribution is 2.23. The van der Waals surface area contributed by atoms with Gasteiger partial charge < -0.3 is 10.3 Å². The van der Waals surface area contributed by atoms with Crippen LogP contribution >= 0.6 is 0 Å². The molecule has 4 heteroatoms. The standard InChI is InChI=1S/C22H21N3O/c1-14(2)20(21-23-18-9-5-6-10-19(18)24-21)25-22(26)17-12-11-15-7-3-4-8-16(15)13-17/h3-14,20H,1-2H3,(H,23,24)(H,25,26)/t20-/m0/s1. The summed E-state index contributed by atoms with van der Waals surface area (Å²) in [6.07, 6.45) is 0. The molecule has 0 saturated heterocycles. The van der Waals surface area contributed by atoms with E-state index in [9.17, 15) is 4.79 Å². The summed E-state index contributed by atoms with van der Waals surface area (Å²) in [6.45, 7) is 4.16. The predicted molar refractivity (Wildman–Crippen MR) is 105 cm³/mol. The van der Waals surface area contributed by atoms with Crippen molar-refractivity contribution < 1.29 is 4.79 Å². The van der Waals surface area contributed by atoms with Crippen LogP contribution in [-0.4, -0.2) is 15.9 Å². The van der Waals surface area contributed by atoms with E-state index >= 15 is 0 Å². The Morgan fingerprint density at radius 3 is 2.46 bits per heavy atom. The van der Waals surface area contributed by atoms with Crippen molar-refractivity contribution in [3.05, 3.63) is 78.1 Å². The molecule has 0 aliphatic rings. The summed E-state index contributed by atoms with van der Waals surface area (Å²) in [5, 5.41) is 5.33. The van der Waals surface area contributed by atoms with Gasteiger partial charge in [-0.1, -0.05) is 56.3 Å². The molecule has 0 fully saturated rings. The van der Waals surface area contributed by atoms with Crippen molar-refractivity contribution in [3.8, 4) is 0 Å². The van der Waals surface area contributed by atoms with Crippen molar-refractivity contribution in [2.75, 3.05) is 0 Å². The van der Waals surface area contributed by atoms with Gasteiger partial charge in [-0.2, -0.15) is 0 Å². The molecular formula is C22H21N3O. The van der Waals surface area contributed by atoms with Crippen LogP contribution in [0.15, 0.2) is 66.7 Å². The summed E-state index contributed by atoms with van der Waals surface area (Å²) in [6, 6.07) is 21.5. The lowest BCUT2D eigenvalue weighted by Crippen LogP contribution is -2.32. The topological polar surface area (TPSA) is 57.8 Å². The molecule has 0 spiro atoms. The Bertz CT molecular complexity index is 1050. The molecule has 1 amide bonds. The molecule has 4 nitrogen and oxygen atoms in total. The number of rotatable bonds is 4. The highest BCUT2D eigenvalue weighted by molar-refractivity contribution is 5.98. The number of aromatic amines is 1. The third kappa shape index (κ3) is 3.06. The molecule has 4 rings (SSSR count). The number of hydrogen-bond acceptors (Lipinski definition) is 2. The van der Waals surface area contributed by atoms with Crippen LogP contribution in [0.25, 0.3) is 21.8 Å². The minimum atomic E-state index is -0.179. The molecule has 0 saturated carbocycles. The van der Waals surface area contributed by atoms with Crippen LogP contribution in [0.4, 0.5) is 0 Å². The van der Waals surface area contributed by atoms with Crippen molar-refractivity contribution >= 4 is 27.7 Å². The Kier molecular flexibility index (Phi) is 4.17. The van der Waals surface area contributed by atoms with Gasteiger partial charge in [0.05, 0.1) is 17.1 Å². The lowest BCUT2D eigenvalue weighted by atomic mass is 10.0. The maximum Gasteiger partial charge on any atom is 0.251 e. The van der Waals surface area contributed by atoms with E-state index in [1.165, 1.54) is 0 Å². The molecule has 1 atom stereocenters. The van der Waals surface area contributed by atoms with Crippen LogP contribution in [0.2, 0.25) is 0 Å². The molecule has 0 aliphatic carbocycles. The van der Waals surface area contributed by atoms with Gasteiger partial charge in [0.25, 0.3) is 5.91 Å². The average molecular weight is 343 g/mol. The lowest BCUT2D eigenvalue weighted by molar-refractivity contribution is 0.0923. The Morgan fingerprint density at radius 1 is 0.962 bits per heavy atom. The van der Waals surface area contributed by atoms with Crippen LogP contribution in [0, 0.1) is 5.92 Å². The largest absolute Gasteiger partial charge is 0.342 e. The maximum atomic E-state index is 12.8. The number of carbonyl (C=O) groups is 1. The second-order valence-electron chi connectivity index (χ2n) is 6.90. The quantitative estimate of drug-likeness (QED) is 0.557. The number of imidazole rings is 1. The number of hydrogen-bond donors (Lipinski definition) is 2. The van der Waals surface area contributed by atoms with Crippen LogP contribution in [0.1, 0.15) is 36.1 Å². The number of carbonyl (C=O) groups excluding carboxylic acids is 1. The smallest absolute Gasteiger partial charge is 0.251 e. The number of amides is 1. The highest BCUT2D eigenvalue weighted by atomic mass is 16.1. The molecule has 0 aliphatic heterocycles. The third-order valence-electron chi connectivity index (χ3n) is 4.67. The van der Waals surface area contributed by atoms with E-state index in [0.717, 1.165) is 27.6 Å². The number of fused-ring (bicyclic) bond motifs is 2. The predicted octanol–water partition coefficient (Wildman–Crippen LogP) is 4.84. The molecule has 1 aromatic heterocycles. The first-order chi connectivity index (χ1) is 12.6. The van der Waals surface area contributed by atoms with Crippen LogP contribution in [0.3, 0.4) is 0 Å². The van der Waals surface area contributed by atoms with E-state index in [0.29, 0.717) is 5.56 Å². The molecular weight excluding hydrogens is 322 g/mol. The zero-order valence-corrected chi connectivity index (χ0v) is 14.9. The molecule has 0 bridgehead atoms. The van der Waals surface area contributed by atoms with Crippen molar-refractivity contribution in [2.45, 2.75) is 19.9 Å². The lowest BCUT2D eigenvalue weighted by Gasteiger charge is -2.20. The van der Waals surface area contributed by atoms with Crippen molar-refractivity contribution in [2.24, 2.45) is 5.92 Å². The summed E-state index contributed by atoms with van der Waals surface area (Å²) >= 11 is 0. The van der Waals surface area contributed by atoms with Gasteiger partial charge in [-0.3, -0.25) is 4.79 Å². The first-order valence-electron chi connectivity index (χ1n) is 8.86. The molecule has 3 aromatic carbocycles. The highest BCUT2D eigenvalue weighted by Gasteiger charge is 2.22. The summed E-state index contributed by atoms with van der Waals surface area (Å²) in [4.78, 5) is 20.8. The van der Waals surface area contributed by atoms with E-state index in [1.54, 1.807) is 0 Å². The average Bonchev–Trinajstić information content (AvgIpc) is 3.09. The van der Waals surface area contributed by atoms with Gasteiger partial charge in [-0.05, 0) is 41.0 Å². The number of para-hydroxylation sites is 2. The van der Waals surface area contributed by atoms with Gasteiger partial charge in [-0.15, -0.1) is 0 Å². The summed E-state index contributed by atoms with van der Waals surface area (Å²) < 4.78 is 0. The fourth-order valence-corrected chi connectivity index (χ4v) is 3.23. The Morgan fingerprint density at radius 2 is 1.69 bits per heavy atom. The minimum absolute atomic E-state index is 0.0880. The number of benzene rings is 3. The van der Waals surface area contributed by atoms with Gasteiger partial charge in [0.15, 0.2) is 0 Å². The van der Waals surface area contributed by atoms with Crippen LogP contribution < -0.4 is 5.32 Å². The summed E-state index contributed by atoms with van der Waals surface area (Å²) in [5.41, 5.74) is 2.55. The maximum absolute atomic E-state index is 12.8. The van der Waals surface area contributed by atoms with Crippen LogP contribution in [0.5, 0.6) is 0 Å². The fourth-order valence-electron chi connectivity index (χ4n) is 3.23. The molecule has 130 valence electrons. The first-order valence-corrected chi connectivity index (χ1v) is 8.86. The van der Waals surface area contributed by atoms with Gasteiger partial charge in [-0.25, -0.2) is 4.98 Å². The Labute approximate surface area is 152 Å². The summed E-state index contributed by atoms with van der Waals surface area (Å²) in [7, 11) is 0. The fraction of sp³-hybridized carbons (Fsp3) is 0.182. The molecule has 0 radical (unpaired) electrons. The van der Waals surface area contributed by atoms with E-state index in [4.69, 9.17) is 0 Å².